The fraction of sp³-hybridized carbons (Fsp3) is 0.167. The topological polar surface area (TPSA) is 0 Å². The molecule has 0 atom stereocenters. The van der Waals surface area contributed by atoms with Gasteiger partial charge in [-0.25, -0.2) is 0 Å². The average molecular weight is 276 g/mol. The molecule has 0 aliphatic rings. The van der Waals surface area contributed by atoms with E-state index in [4.69, 9.17) is 0 Å². The Morgan fingerprint density at radius 2 is 0.556 bits per heavy atom. The predicted molar refractivity (Wildman–Crippen MR) is 66.3 cm³/mol. The number of alkyl halides is 6. The van der Waals surface area contributed by atoms with Crippen molar-refractivity contribution in [3.8, 4) is 0 Å². The van der Waals surface area contributed by atoms with Crippen molar-refractivity contribution >= 4 is 0 Å². The summed E-state index contributed by atoms with van der Waals surface area (Å²) in [6.45, 7) is 23.0. The Morgan fingerprint density at radius 1 is 0.500 bits per heavy atom. The quantitative estimate of drug-likeness (QED) is 0.383. The minimum absolute atomic E-state index is 0.0625. The van der Waals surface area contributed by atoms with Crippen molar-refractivity contribution < 1.29 is 26.3 Å². The van der Waals surface area contributed by atoms with Gasteiger partial charge in [0.1, 0.15) is 0 Å². The molecule has 0 aromatic rings. The Bertz CT molecular complexity index is 155. The van der Waals surface area contributed by atoms with Crippen LogP contribution in [-0.4, -0.2) is 12.4 Å². The van der Waals surface area contributed by atoms with Crippen LogP contribution < -0.4 is 0 Å². The van der Waals surface area contributed by atoms with Gasteiger partial charge in [0.05, 0.1) is 0 Å². The van der Waals surface area contributed by atoms with Gasteiger partial charge in [0.25, 0.3) is 0 Å². The fourth-order valence-electron chi connectivity index (χ4n) is 0. The molecule has 6 heteroatoms. The molecule has 0 aliphatic heterocycles. The van der Waals surface area contributed by atoms with E-state index in [9.17, 15) is 26.3 Å². The van der Waals surface area contributed by atoms with E-state index >= 15 is 0 Å². The van der Waals surface area contributed by atoms with Crippen LogP contribution in [0.5, 0.6) is 0 Å². The lowest BCUT2D eigenvalue weighted by atomic mass is 10.6. The fourth-order valence-corrected chi connectivity index (χ4v) is 0. The summed E-state index contributed by atoms with van der Waals surface area (Å²) in [5, 5.41) is 0. The number of rotatable bonds is 0. The van der Waals surface area contributed by atoms with Gasteiger partial charge in [-0.3, -0.25) is 0 Å². The number of halogens is 6. The van der Waals surface area contributed by atoms with E-state index < -0.39 is 12.4 Å². The minimum Gasteiger partial charge on any atom is -0.167 e. The zero-order valence-electron chi connectivity index (χ0n) is 10.1. The van der Waals surface area contributed by atoms with Crippen LogP contribution in [-0.2, 0) is 0 Å². The molecule has 0 aliphatic carbocycles. The Balaban J connectivity index is -0.0000000442. The van der Waals surface area contributed by atoms with Gasteiger partial charge >= 0.3 is 12.4 Å². The van der Waals surface area contributed by atoms with Gasteiger partial charge in [0.2, 0.25) is 0 Å². The van der Waals surface area contributed by atoms with Crippen LogP contribution in [0.3, 0.4) is 0 Å². The first-order chi connectivity index (χ1) is 8.12. The average Bonchev–Trinajstić information content (AvgIpc) is 2.36. The lowest BCUT2D eigenvalue weighted by molar-refractivity contribution is -0.0804. The molecule has 0 fully saturated rings. The molecule has 0 saturated carbocycles. The maximum atomic E-state index is 10.7. The van der Waals surface area contributed by atoms with E-state index in [-0.39, 0.29) is 12.2 Å². The van der Waals surface area contributed by atoms with Crippen molar-refractivity contribution in [1.29, 1.82) is 0 Å². The van der Waals surface area contributed by atoms with Crippen LogP contribution in [0.4, 0.5) is 26.3 Å². The van der Waals surface area contributed by atoms with Gasteiger partial charge < -0.3 is 0 Å². The zero-order valence-corrected chi connectivity index (χ0v) is 10.1. The summed E-state index contributed by atoms with van der Waals surface area (Å²) in [6.07, 6.45) is -8.51. The van der Waals surface area contributed by atoms with Crippen molar-refractivity contribution in [3.05, 3.63) is 64.8 Å². The van der Waals surface area contributed by atoms with E-state index in [1.54, 1.807) is 0 Å². The third kappa shape index (κ3) is 137. The molecular formula is C12H18F6. The second-order valence-corrected chi connectivity index (χ2v) is 1.49. The molecule has 0 N–H and O–H groups in total. The number of allylic oxidation sites excluding steroid dienone is 2. The summed E-state index contributed by atoms with van der Waals surface area (Å²) < 4.78 is 64.0. The highest BCUT2D eigenvalue weighted by Crippen LogP contribution is 2.14. The van der Waals surface area contributed by atoms with E-state index in [0.717, 1.165) is 0 Å². The van der Waals surface area contributed by atoms with Crippen molar-refractivity contribution in [2.24, 2.45) is 0 Å². The highest BCUT2D eigenvalue weighted by Gasteiger charge is 2.20. The summed E-state index contributed by atoms with van der Waals surface area (Å²) in [5.74, 6) is 0. The van der Waals surface area contributed by atoms with Gasteiger partial charge in [-0.05, 0) is 0 Å². The molecule has 18 heavy (non-hydrogen) atoms. The van der Waals surface area contributed by atoms with Gasteiger partial charge in [-0.1, -0.05) is 13.2 Å². The zero-order chi connectivity index (χ0) is 16.4. The van der Waals surface area contributed by atoms with Gasteiger partial charge in [-0.15, -0.1) is 39.5 Å². The first-order valence-electron chi connectivity index (χ1n) is 4.03. The molecule has 0 unspecified atom stereocenters. The van der Waals surface area contributed by atoms with Gasteiger partial charge in [0, 0.05) is 12.2 Å². The molecule has 0 rings (SSSR count). The maximum absolute atomic E-state index is 10.7. The molecule has 0 bridgehead atoms. The third-order valence-corrected chi connectivity index (χ3v) is 0.463. The third-order valence-electron chi connectivity index (χ3n) is 0.463. The maximum Gasteiger partial charge on any atom is 0.409 e. The van der Waals surface area contributed by atoms with Crippen LogP contribution in [0.1, 0.15) is 0 Å². The van der Waals surface area contributed by atoms with Crippen LogP contribution in [0.2, 0.25) is 0 Å². The summed E-state index contributed by atoms with van der Waals surface area (Å²) in [7, 11) is 0. The highest BCUT2D eigenvalue weighted by molar-refractivity contribution is 4.76. The van der Waals surface area contributed by atoms with Crippen molar-refractivity contribution in [2.45, 2.75) is 12.4 Å². The molecule has 0 aromatic carbocycles. The molecule has 0 spiro atoms. The first kappa shape index (κ1) is 29.9. The van der Waals surface area contributed by atoms with Crippen LogP contribution in [0.15, 0.2) is 64.8 Å². The molecule has 0 amide bonds. The molecular weight excluding hydrogens is 258 g/mol. The van der Waals surface area contributed by atoms with E-state index in [1.807, 2.05) is 0 Å². The molecule has 0 saturated heterocycles. The van der Waals surface area contributed by atoms with Crippen LogP contribution >= 0.6 is 0 Å². The standard InChI is InChI=1S/2C3H3F3.3C2H4/c2*1-2-3(4,5)6;3*1-2/h2*2H,1H2;3*1-2H2. The molecule has 0 heterocycles. The lowest BCUT2D eigenvalue weighted by Gasteiger charge is -1.91. The second kappa shape index (κ2) is 20.7. The normalized spacial score (nSPS) is 8.11. The predicted octanol–water partition coefficient (Wildman–Crippen LogP) is 5.88. The van der Waals surface area contributed by atoms with Crippen molar-refractivity contribution in [3.63, 3.8) is 0 Å². The summed E-state index contributed by atoms with van der Waals surface area (Å²) in [5.41, 5.74) is 0. The molecule has 0 aromatic heterocycles. The lowest BCUT2D eigenvalue weighted by Crippen LogP contribution is -1.98. The van der Waals surface area contributed by atoms with E-state index in [2.05, 4.69) is 52.6 Å². The number of hydrogen-bond acceptors (Lipinski definition) is 0. The SMILES string of the molecule is C=C.C=C.C=C.C=CC(F)(F)F.C=CC(F)(F)F. The second-order valence-electron chi connectivity index (χ2n) is 1.49. The monoisotopic (exact) mass is 276 g/mol. The minimum atomic E-state index is -4.19. The van der Waals surface area contributed by atoms with Crippen molar-refractivity contribution in [1.82, 2.24) is 0 Å². The van der Waals surface area contributed by atoms with Crippen molar-refractivity contribution in [2.75, 3.05) is 0 Å². The molecule has 0 radical (unpaired) electrons. The summed E-state index contributed by atoms with van der Waals surface area (Å²) in [6, 6.07) is 0. The Kier molecular flexibility index (Phi) is 34.3. The Labute approximate surface area is 104 Å². The van der Waals surface area contributed by atoms with E-state index in [1.165, 1.54) is 0 Å². The van der Waals surface area contributed by atoms with E-state index in [0.29, 0.717) is 0 Å². The summed E-state index contributed by atoms with van der Waals surface area (Å²) in [4.78, 5) is 0. The number of hydrogen-bond donors (Lipinski definition) is 0. The van der Waals surface area contributed by atoms with Crippen LogP contribution in [0, 0.1) is 0 Å². The van der Waals surface area contributed by atoms with Crippen LogP contribution in [0.25, 0.3) is 0 Å². The Morgan fingerprint density at radius 3 is 0.556 bits per heavy atom. The summed E-state index contributed by atoms with van der Waals surface area (Å²) >= 11 is 0. The molecule has 108 valence electrons. The van der Waals surface area contributed by atoms with Gasteiger partial charge in [-0.2, -0.15) is 26.3 Å². The molecule has 0 nitrogen and oxygen atoms in total. The largest absolute Gasteiger partial charge is 0.409 e. The highest BCUT2D eigenvalue weighted by atomic mass is 19.4. The smallest absolute Gasteiger partial charge is 0.167 e. The van der Waals surface area contributed by atoms with Gasteiger partial charge in [0.15, 0.2) is 0 Å². The first-order valence-corrected chi connectivity index (χ1v) is 4.03. The Hall–Kier alpha value is -1.72.